The summed E-state index contributed by atoms with van der Waals surface area (Å²) in [7, 11) is -3.81. The van der Waals surface area contributed by atoms with Crippen molar-refractivity contribution in [1.29, 1.82) is 0 Å². The molecule has 1 aliphatic heterocycles. The molecule has 5 rings (SSSR count). The van der Waals surface area contributed by atoms with E-state index < -0.39 is 10.0 Å². The number of fused-ring (bicyclic) bond motifs is 1. The molecule has 0 aliphatic carbocycles. The van der Waals surface area contributed by atoms with Gasteiger partial charge in [0, 0.05) is 44.0 Å². The molecule has 0 amide bonds. The van der Waals surface area contributed by atoms with Gasteiger partial charge < -0.3 is 5.32 Å². The zero-order valence-electron chi connectivity index (χ0n) is 18.4. The van der Waals surface area contributed by atoms with Crippen molar-refractivity contribution in [3.63, 3.8) is 0 Å². The number of halogens is 3. The highest BCUT2D eigenvalue weighted by Gasteiger charge is 2.33. The third-order valence-electron chi connectivity index (χ3n) is 5.98. The molecular weight excluding hydrogens is 575 g/mol. The van der Waals surface area contributed by atoms with Crippen molar-refractivity contribution < 1.29 is 8.42 Å². The van der Waals surface area contributed by atoms with Crippen molar-refractivity contribution in [2.24, 2.45) is 0 Å². The Bertz CT molecular complexity index is 1480. The van der Waals surface area contributed by atoms with Crippen LogP contribution in [-0.2, 0) is 16.6 Å². The maximum absolute atomic E-state index is 13.4. The summed E-state index contributed by atoms with van der Waals surface area (Å²) in [5, 5.41) is 8.09. The first-order valence-corrected chi connectivity index (χ1v) is 13.9. The highest BCUT2D eigenvalue weighted by atomic mass is 79.9. The van der Waals surface area contributed by atoms with Crippen LogP contribution in [-0.4, -0.2) is 45.4 Å². The Labute approximate surface area is 221 Å². The standard InChI is InChI=1S/C23H21BrCl2N6O2S/c24-17-13-29-32-21(28-12-15-4-2-8-27-11-15)10-19(30-23(17)32)16-5-3-9-31(14-16)35(33,34)20-7-1-6-18(25)22(20)26/h1-2,4,6-8,10-11,13,16,28H,3,5,9,12,14H2. The summed E-state index contributed by atoms with van der Waals surface area (Å²) in [6.07, 6.45) is 6.74. The monoisotopic (exact) mass is 594 g/mol. The number of pyridine rings is 1. The maximum atomic E-state index is 13.4. The lowest BCUT2D eigenvalue weighted by Crippen LogP contribution is -2.39. The average molecular weight is 596 g/mol. The summed E-state index contributed by atoms with van der Waals surface area (Å²) in [5.41, 5.74) is 2.48. The minimum Gasteiger partial charge on any atom is -0.366 e. The summed E-state index contributed by atoms with van der Waals surface area (Å²) in [6, 6.07) is 10.5. The molecule has 0 spiro atoms. The third kappa shape index (κ3) is 4.90. The number of aromatic nitrogens is 4. The first kappa shape index (κ1) is 24.5. The Morgan fingerprint density at radius 2 is 2.03 bits per heavy atom. The molecule has 1 aliphatic rings. The Morgan fingerprint density at radius 3 is 2.83 bits per heavy atom. The molecule has 1 fully saturated rings. The van der Waals surface area contributed by atoms with Crippen LogP contribution in [0.4, 0.5) is 5.82 Å². The zero-order chi connectivity index (χ0) is 24.6. The number of rotatable bonds is 6. The van der Waals surface area contributed by atoms with Gasteiger partial charge in [-0.15, -0.1) is 0 Å². The predicted octanol–water partition coefficient (Wildman–Crippen LogP) is 5.37. The van der Waals surface area contributed by atoms with E-state index in [0.29, 0.717) is 31.7 Å². The van der Waals surface area contributed by atoms with Gasteiger partial charge in [0.05, 0.1) is 26.4 Å². The van der Waals surface area contributed by atoms with Crippen LogP contribution in [0.15, 0.2) is 64.4 Å². The summed E-state index contributed by atoms with van der Waals surface area (Å²) < 4.78 is 30.8. The molecule has 1 aromatic carbocycles. The Balaban J connectivity index is 1.45. The summed E-state index contributed by atoms with van der Waals surface area (Å²) in [5.74, 6) is 0.666. The fourth-order valence-electron chi connectivity index (χ4n) is 4.21. The third-order valence-corrected chi connectivity index (χ3v) is 9.38. The molecule has 12 heteroatoms. The number of hydrogen-bond donors (Lipinski definition) is 1. The van der Waals surface area contributed by atoms with Gasteiger partial charge >= 0.3 is 0 Å². The van der Waals surface area contributed by atoms with E-state index in [1.807, 2.05) is 18.2 Å². The number of anilines is 1. The first-order chi connectivity index (χ1) is 16.8. The number of benzene rings is 1. The predicted molar refractivity (Wildman–Crippen MR) is 139 cm³/mol. The molecule has 0 bridgehead atoms. The van der Waals surface area contributed by atoms with Crippen molar-refractivity contribution in [3.05, 3.63) is 80.8 Å². The van der Waals surface area contributed by atoms with Gasteiger partial charge in [0.25, 0.3) is 0 Å². The van der Waals surface area contributed by atoms with E-state index in [4.69, 9.17) is 28.2 Å². The zero-order valence-corrected chi connectivity index (χ0v) is 22.3. The Morgan fingerprint density at radius 1 is 1.17 bits per heavy atom. The minimum absolute atomic E-state index is 0.0214. The highest BCUT2D eigenvalue weighted by Crippen LogP contribution is 2.35. The molecular formula is C23H21BrCl2N6O2S. The number of hydrogen-bond acceptors (Lipinski definition) is 6. The second-order valence-corrected chi connectivity index (χ2v) is 11.8. The van der Waals surface area contributed by atoms with Crippen LogP contribution < -0.4 is 5.32 Å². The van der Waals surface area contributed by atoms with E-state index >= 15 is 0 Å². The summed E-state index contributed by atoms with van der Waals surface area (Å²) >= 11 is 15.9. The number of sulfonamides is 1. The Kier molecular flexibility index (Phi) is 7.00. The van der Waals surface area contributed by atoms with E-state index in [9.17, 15) is 8.42 Å². The quantitative estimate of drug-likeness (QED) is 0.322. The van der Waals surface area contributed by atoms with Crippen LogP contribution in [0.5, 0.6) is 0 Å². The molecule has 1 atom stereocenters. The summed E-state index contributed by atoms with van der Waals surface area (Å²) in [4.78, 5) is 9.01. The largest absolute Gasteiger partial charge is 0.366 e. The molecule has 0 saturated carbocycles. The van der Waals surface area contributed by atoms with Crippen LogP contribution in [0.3, 0.4) is 0 Å². The molecule has 0 radical (unpaired) electrons. The fraction of sp³-hybridized carbons (Fsp3) is 0.261. The lowest BCUT2D eigenvalue weighted by molar-refractivity contribution is 0.313. The van der Waals surface area contributed by atoms with Crippen molar-refractivity contribution in [2.45, 2.75) is 30.2 Å². The normalized spacial score (nSPS) is 17.1. The maximum Gasteiger partial charge on any atom is 0.244 e. The fourth-order valence-corrected chi connectivity index (χ4v) is 6.82. The van der Waals surface area contributed by atoms with E-state index in [0.717, 1.165) is 28.0 Å². The van der Waals surface area contributed by atoms with Crippen LogP contribution >= 0.6 is 39.1 Å². The molecule has 1 saturated heterocycles. The highest BCUT2D eigenvalue weighted by molar-refractivity contribution is 9.10. The lowest BCUT2D eigenvalue weighted by atomic mass is 9.96. The minimum atomic E-state index is -3.81. The van der Waals surface area contributed by atoms with Crippen molar-refractivity contribution in [3.8, 4) is 0 Å². The van der Waals surface area contributed by atoms with Gasteiger partial charge in [-0.1, -0.05) is 35.3 Å². The summed E-state index contributed by atoms with van der Waals surface area (Å²) in [6.45, 7) is 1.26. The van der Waals surface area contributed by atoms with Gasteiger partial charge in [0.2, 0.25) is 10.0 Å². The van der Waals surface area contributed by atoms with E-state index in [-0.39, 0.29) is 20.9 Å². The van der Waals surface area contributed by atoms with Crippen LogP contribution in [0, 0.1) is 0 Å². The molecule has 8 nitrogen and oxygen atoms in total. The van der Waals surface area contributed by atoms with Crippen LogP contribution in [0.2, 0.25) is 10.0 Å². The molecule has 1 N–H and O–H groups in total. The van der Waals surface area contributed by atoms with Crippen molar-refractivity contribution in [1.82, 2.24) is 23.9 Å². The van der Waals surface area contributed by atoms with Crippen LogP contribution in [0.1, 0.15) is 30.0 Å². The van der Waals surface area contributed by atoms with Gasteiger partial charge in [-0.05, 0) is 52.5 Å². The van der Waals surface area contributed by atoms with Crippen molar-refractivity contribution >= 4 is 60.6 Å². The number of piperidine rings is 1. The number of nitrogens with one attached hydrogen (secondary N) is 1. The molecule has 4 aromatic rings. The molecule has 1 unspecified atom stereocenters. The topological polar surface area (TPSA) is 92.5 Å². The smallest absolute Gasteiger partial charge is 0.244 e. The molecule has 35 heavy (non-hydrogen) atoms. The average Bonchev–Trinajstić information content (AvgIpc) is 3.25. The SMILES string of the molecule is O=S(=O)(c1cccc(Cl)c1Cl)N1CCCC(c2cc(NCc3cccnc3)n3ncc(Br)c3n2)C1. The van der Waals surface area contributed by atoms with Gasteiger partial charge in [0.15, 0.2) is 5.65 Å². The second-order valence-electron chi connectivity index (χ2n) is 8.26. The van der Waals surface area contributed by atoms with Gasteiger partial charge in [-0.25, -0.2) is 13.4 Å². The molecule has 4 heterocycles. The molecule has 182 valence electrons. The van der Waals surface area contributed by atoms with E-state index in [2.05, 4.69) is 31.3 Å². The first-order valence-electron chi connectivity index (χ1n) is 11.0. The Hall–Kier alpha value is -2.24. The van der Waals surface area contributed by atoms with Gasteiger partial charge in [0.1, 0.15) is 10.7 Å². The van der Waals surface area contributed by atoms with Gasteiger partial charge in [-0.3, -0.25) is 4.98 Å². The van der Waals surface area contributed by atoms with E-state index in [1.165, 1.54) is 10.4 Å². The van der Waals surface area contributed by atoms with Crippen LogP contribution in [0.25, 0.3) is 5.65 Å². The second kappa shape index (κ2) is 10.0. The molecule has 3 aromatic heterocycles. The van der Waals surface area contributed by atoms with Gasteiger partial charge in [-0.2, -0.15) is 13.9 Å². The van der Waals surface area contributed by atoms with E-state index in [1.54, 1.807) is 35.2 Å². The lowest BCUT2D eigenvalue weighted by Gasteiger charge is -2.32. The number of nitrogens with zero attached hydrogens (tertiary/aromatic N) is 5. The van der Waals surface area contributed by atoms with Crippen molar-refractivity contribution in [2.75, 3.05) is 18.4 Å².